The minimum Gasteiger partial charge on any atom is -0.872 e. The predicted molar refractivity (Wildman–Crippen MR) is 140 cm³/mol. The molecule has 0 spiro atoms. The Morgan fingerprint density at radius 3 is 1.16 bits per heavy atom. The third kappa shape index (κ3) is 11.7. The van der Waals surface area contributed by atoms with Gasteiger partial charge in [-0.15, -0.1) is 0 Å². The van der Waals surface area contributed by atoms with Crippen LogP contribution in [0.4, 0.5) is 0 Å². The van der Waals surface area contributed by atoms with Gasteiger partial charge in [0, 0.05) is 0 Å². The largest absolute Gasteiger partial charge is 2.00 e. The molecule has 0 unspecified atom stereocenters. The molecular weight excluding hydrogens is 522 g/mol. The first-order valence-electron chi connectivity index (χ1n) is 13.3. The number of aryl methyl sites for hydroxylation is 4. The van der Waals surface area contributed by atoms with E-state index in [1.54, 1.807) is 0 Å². The second-order valence-electron chi connectivity index (χ2n) is 9.29. The molecule has 2 N–H and O–H groups in total. The van der Waals surface area contributed by atoms with Gasteiger partial charge in [-0.25, -0.2) is 9.59 Å². The first-order chi connectivity index (χ1) is 17.2. The molecule has 0 saturated carbocycles. The zero-order valence-electron chi connectivity index (χ0n) is 23.0. The molecule has 0 aromatic heterocycles. The molecule has 0 aliphatic rings. The summed E-state index contributed by atoms with van der Waals surface area (Å²) < 4.78 is 0. The van der Waals surface area contributed by atoms with Gasteiger partial charge >= 0.3 is 31.4 Å². The van der Waals surface area contributed by atoms with Crippen molar-refractivity contribution in [2.75, 3.05) is 0 Å². The van der Waals surface area contributed by atoms with Crippen molar-refractivity contribution in [3.8, 4) is 11.5 Å². The van der Waals surface area contributed by atoms with Crippen LogP contribution in [-0.4, -0.2) is 22.2 Å². The fourth-order valence-electron chi connectivity index (χ4n) is 3.98. The van der Waals surface area contributed by atoms with Crippen molar-refractivity contribution in [2.45, 2.75) is 105 Å². The Hall–Kier alpha value is -2.40. The first-order valence-corrected chi connectivity index (χ1v) is 13.3. The second kappa shape index (κ2) is 18.8. The molecule has 37 heavy (non-hydrogen) atoms. The van der Waals surface area contributed by atoms with Crippen LogP contribution in [0.1, 0.15) is 122 Å². The van der Waals surface area contributed by atoms with Crippen molar-refractivity contribution in [1.29, 1.82) is 0 Å². The van der Waals surface area contributed by atoms with Crippen LogP contribution in [0.15, 0.2) is 24.3 Å². The third-order valence-corrected chi connectivity index (χ3v) is 6.15. The number of aromatic carboxylic acids is 2. The number of rotatable bonds is 14. The minimum absolute atomic E-state index is 0. The van der Waals surface area contributed by atoms with Gasteiger partial charge in [-0.05, 0) is 74.6 Å². The fraction of sp³-hybridized carbons (Fsp3) is 0.533. The summed E-state index contributed by atoms with van der Waals surface area (Å²) >= 11 is 0. The van der Waals surface area contributed by atoms with E-state index in [-0.39, 0.29) is 42.1 Å². The van der Waals surface area contributed by atoms with Gasteiger partial charge in [-0.2, -0.15) is 0 Å². The Kier molecular flexibility index (Phi) is 17.6. The zero-order valence-corrected chi connectivity index (χ0v) is 26.0. The van der Waals surface area contributed by atoms with Crippen LogP contribution in [0.25, 0.3) is 0 Å². The molecule has 0 aliphatic heterocycles. The van der Waals surface area contributed by atoms with Crippen LogP contribution in [0.2, 0.25) is 0 Å². The molecule has 0 heterocycles. The SMILES string of the molecule is CCCCc1cc(CCCC)c([O-])c(C(=O)O)c1.CCCCc1cc(CCCC)c([O-])c(C(=O)O)c1.[Zn+2]. The molecule has 0 saturated heterocycles. The maximum atomic E-state index is 12.0. The maximum absolute atomic E-state index is 12.0. The molecule has 2 aromatic rings. The van der Waals surface area contributed by atoms with Gasteiger partial charge in [0.2, 0.25) is 0 Å². The van der Waals surface area contributed by atoms with Crippen LogP contribution in [0, 0.1) is 0 Å². The summed E-state index contributed by atoms with van der Waals surface area (Å²) in [6.45, 7) is 8.31. The molecule has 0 radical (unpaired) electrons. The Labute approximate surface area is 234 Å². The normalized spacial score (nSPS) is 10.3. The van der Waals surface area contributed by atoms with Crippen LogP contribution >= 0.6 is 0 Å². The Balaban J connectivity index is 0.000000682. The number of hydrogen-bond acceptors (Lipinski definition) is 4. The van der Waals surface area contributed by atoms with Crippen molar-refractivity contribution in [1.82, 2.24) is 0 Å². The van der Waals surface area contributed by atoms with Gasteiger partial charge < -0.3 is 20.4 Å². The van der Waals surface area contributed by atoms with Gasteiger partial charge in [0.05, 0.1) is 11.1 Å². The molecule has 2 rings (SSSR count). The monoisotopic (exact) mass is 562 g/mol. The number of unbranched alkanes of at least 4 members (excludes halogenated alkanes) is 4. The van der Waals surface area contributed by atoms with Gasteiger partial charge in [0.1, 0.15) is 0 Å². The number of hydrogen-bond donors (Lipinski definition) is 2. The van der Waals surface area contributed by atoms with Crippen molar-refractivity contribution in [3.05, 3.63) is 57.6 Å². The van der Waals surface area contributed by atoms with E-state index < -0.39 is 11.9 Å². The minimum atomic E-state index is -1.11. The topological polar surface area (TPSA) is 121 Å². The van der Waals surface area contributed by atoms with E-state index >= 15 is 0 Å². The molecule has 0 fully saturated rings. The maximum Gasteiger partial charge on any atom is 2.00 e. The smallest absolute Gasteiger partial charge is 0.872 e. The third-order valence-electron chi connectivity index (χ3n) is 6.15. The summed E-state index contributed by atoms with van der Waals surface area (Å²) in [5.74, 6) is -2.85. The van der Waals surface area contributed by atoms with E-state index in [1.807, 2.05) is 12.1 Å². The average molecular weight is 564 g/mol. The fourth-order valence-corrected chi connectivity index (χ4v) is 3.98. The summed E-state index contributed by atoms with van der Waals surface area (Å²) in [7, 11) is 0. The molecular formula is C30H42O6Zn. The van der Waals surface area contributed by atoms with Crippen LogP contribution in [0.3, 0.4) is 0 Å². The van der Waals surface area contributed by atoms with Crippen molar-refractivity contribution >= 4 is 11.9 Å². The molecule has 6 nitrogen and oxygen atoms in total. The number of carboxylic acid groups (broad SMARTS) is 2. The number of carbonyl (C=O) groups is 2. The van der Waals surface area contributed by atoms with Crippen molar-refractivity contribution < 1.29 is 49.5 Å². The number of benzene rings is 2. The van der Waals surface area contributed by atoms with Gasteiger partial charge in [0.15, 0.2) is 0 Å². The molecule has 2 aromatic carbocycles. The summed E-state index contributed by atoms with van der Waals surface area (Å²) in [6, 6.07) is 6.85. The molecule has 200 valence electrons. The summed E-state index contributed by atoms with van der Waals surface area (Å²) in [5, 5.41) is 42.1. The predicted octanol–water partition coefficient (Wildman–Crippen LogP) is 6.28. The van der Waals surface area contributed by atoms with E-state index in [0.717, 1.165) is 75.3 Å². The zero-order chi connectivity index (χ0) is 27.1. The quantitative estimate of drug-likeness (QED) is 0.261. The Bertz CT molecular complexity index is 907. The molecule has 0 atom stereocenters. The number of carboxylic acids is 2. The molecule has 0 bridgehead atoms. The summed E-state index contributed by atoms with van der Waals surface area (Å²) in [4.78, 5) is 22.1. The van der Waals surface area contributed by atoms with E-state index in [0.29, 0.717) is 24.0 Å². The Morgan fingerprint density at radius 2 is 0.892 bits per heavy atom. The second-order valence-corrected chi connectivity index (χ2v) is 9.29. The van der Waals surface area contributed by atoms with E-state index in [9.17, 15) is 19.8 Å². The van der Waals surface area contributed by atoms with Crippen LogP contribution in [0.5, 0.6) is 11.5 Å². The van der Waals surface area contributed by atoms with Gasteiger partial charge in [-0.1, -0.05) is 88.1 Å². The van der Waals surface area contributed by atoms with Gasteiger partial charge in [0.25, 0.3) is 0 Å². The van der Waals surface area contributed by atoms with Crippen molar-refractivity contribution in [2.24, 2.45) is 0 Å². The van der Waals surface area contributed by atoms with Crippen LogP contribution < -0.4 is 10.2 Å². The average Bonchev–Trinajstić information content (AvgIpc) is 2.85. The summed E-state index contributed by atoms with van der Waals surface area (Å²) in [5.41, 5.74) is 3.11. The molecule has 7 heteroatoms. The van der Waals surface area contributed by atoms with Crippen LogP contribution in [-0.2, 0) is 45.2 Å². The Morgan fingerprint density at radius 1 is 0.595 bits per heavy atom. The van der Waals surface area contributed by atoms with Crippen molar-refractivity contribution in [3.63, 3.8) is 0 Å². The van der Waals surface area contributed by atoms with E-state index in [4.69, 9.17) is 10.2 Å². The summed E-state index contributed by atoms with van der Waals surface area (Å²) in [6.07, 6.45) is 11.0. The molecule has 0 aliphatic carbocycles. The molecule has 0 amide bonds. The van der Waals surface area contributed by atoms with Gasteiger partial charge in [-0.3, -0.25) is 0 Å². The van der Waals surface area contributed by atoms with E-state index in [1.165, 1.54) is 12.1 Å². The first kappa shape index (κ1) is 34.6. The van der Waals surface area contributed by atoms with E-state index in [2.05, 4.69) is 27.7 Å². The standard InChI is InChI=1S/2C15H22O3.Zn/c2*1-3-5-7-11-9-12(8-6-4-2)14(16)13(10-11)15(17)18;/h2*9-10,16H,3-8H2,1-2H3,(H,17,18);/q;;+2/p-2.